The van der Waals surface area contributed by atoms with Crippen LogP contribution in [0, 0.1) is 10.1 Å². The zero-order chi connectivity index (χ0) is 17.4. The van der Waals surface area contributed by atoms with E-state index in [1.165, 1.54) is 31.9 Å². The van der Waals surface area contributed by atoms with Crippen molar-refractivity contribution in [2.45, 2.75) is 0 Å². The van der Waals surface area contributed by atoms with Gasteiger partial charge in [-0.25, -0.2) is 9.55 Å². The van der Waals surface area contributed by atoms with Gasteiger partial charge in [-0.3, -0.25) is 4.79 Å². The number of ether oxygens (including phenoxy) is 3. The smallest absolute Gasteiger partial charge is 0.342 e. The lowest BCUT2D eigenvalue weighted by Crippen LogP contribution is -2.02. The van der Waals surface area contributed by atoms with Crippen molar-refractivity contribution in [1.82, 2.24) is 9.55 Å². The van der Waals surface area contributed by atoms with Gasteiger partial charge in [0.2, 0.25) is 17.4 Å². The van der Waals surface area contributed by atoms with Gasteiger partial charge in [0.05, 0.1) is 32.9 Å². The molecule has 0 fully saturated rings. The molecule has 0 aliphatic carbocycles. The zero-order valence-corrected chi connectivity index (χ0v) is 13.1. The molecule has 0 saturated heterocycles. The van der Waals surface area contributed by atoms with Crippen LogP contribution in [0.5, 0.6) is 17.2 Å². The van der Waals surface area contributed by atoms with Crippen LogP contribution in [0.3, 0.4) is 0 Å². The van der Waals surface area contributed by atoms with Gasteiger partial charge in [-0.2, -0.15) is 0 Å². The van der Waals surface area contributed by atoms with Crippen LogP contribution in [0.1, 0.15) is 16.2 Å². The quantitative estimate of drug-likeness (QED) is 0.479. The number of aromatic nitrogens is 2. The summed E-state index contributed by atoms with van der Waals surface area (Å²) >= 11 is 0. The monoisotopic (exact) mass is 331 g/mol. The Hall–Kier alpha value is -3.36. The maximum Gasteiger partial charge on any atom is 0.342 e. The second-order valence-electron chi connectivity index (χ2n) is 4.91. The van der Waals surface area contributed by atoms with Gasteiger partial charge >= 0.3 is 5.82 Å². The lowest BCUT2D eigenvalue weighted by molar-refractivity contribution is -0.391. The molecule has 0 atom stereocenters. The third kappa shape index (κ3) is 2.26. The molecule has 0 radical (unpaired) electrons. The van der Waals surface area contributed by atoms with Crippen LogP contribution < -0.4 is 14.2 Å². The normalized spacial score (nSPS) is 14.5. The number of benzene rings is 1. The minimum absolute atomic E-state index is 0.000140. The van der Waals surface area contributed by atoms with Gasteiger partial charge in [0, 0.05) is 0 Å². The Morgan fingerprint density at radius 2 is 2.08 bits per heavy atom. The number of rotatable bonds is 4. The summed E-state index contributed by atoms with van der Waals surface area (Å²) in [6, 6.07) is 3.17. The van der Waals surface area contributed by atoms with Gasteiger partial charge < -0.3 is 24.3 Å². The standard InChI is InChI=1S/C15H13N3O6/c1-17-11(16-7-12(17)18(20)21)6-10-13(19)8-4-5-9(22-2)15(23-3)14(8)24-10/h4-7H,1-3H3/b10-6-. The van der Waals surface area contributed by atoms with E-state index < -0.39 is 4.92 Å². The Balaban J connectivity index is 2.04. The molecular formula is C15H13N3O6. The molecule has 0 amide bonds. The molecule has 1 aliphatic rings. The van der Waals surface area contributed by atoms with Crippen LogP contribution in [-0.2, 0) is 7.05 Å². The van der Waals surface area contributed by atoms with Crippen LogP contribution in [-0.4, -0.2) is 34.5 Å². The summed E-state index contributed by atoms with van der Waals surface area (Å²) in [7, 11) is 4.40. The number of imidazole rings is 1. The second kappa shape index (κ2) is 5.69. The Labute approximate surface area is 136 Å². The summed E-state index contributed by atoms with van der Waals surface area (Å²) in [5.74, 6) is 0.650. The fourth-order valence-electron chi connectivity index (χ4n) is 2.40. The number of carbonyl (C=O) groups excluding carboxylic acids is 1. The summed E-state index contributed by atoms with van der Waals surface area (Å²) in [5.41, 5.74) is 0.322. The van der Waals surface area contributed by atoms with Gasteiger partial charge in [0.15, 0.2) is 17.3 Å². The van der Waals surface area contributed by atoms with Gasteiger partial charge in [-0.15, -0.1) is 0 Å². The van der Waals surface area contributed by atoms with E-state index in [0.29, 0.717) is 17.1 Å². The van der Waals surface area contributed by atoms with Crippen molar-refractivity contribution in [3.8, 4) is 17.2 Å². The topological polar surface area (TPSA) is 106 Å². The highest BCUT2D eigenvalue weighted by Crippen LogP contribution is 2.45. The van der Waals surface area contributed by atoms with E-state index in [-0.39, 0.29) is 28.9 Å². The van der Waals surface area contributed by atoms with Crippen LogP contribution in [0.25, 0.3) is 6.08 Å². The number of fused-ring (bicyclic) bond motifs is 1. The summed E-state index contributed by atoms with van der Waals surface area (Å²) in [4.78, 5) is 26.7. The number of nitrogens with zero attached hydrogens (tertiary/aromatic N) is 3. The van der Waals surface area contributed by atoms with Gasteiger partial charge in [0.1, 0.15) is 6.20 Å². The molecule has 2 heterocycles. The van der Waals surface area contributed by atoms with Crippen LogP contribution in [0.15, 0.2) is 24.1 Å². The first-order chi connectivity index (χ1) is 11.5. The molecule has 1 aromatic carbocycles. The van der Waals surface area contributed by atoms with Gasteiger partial charge in [-0.05, 0) is 17.1 Å². The van der Waals surface area contributed by atoms with E-state index in [2.05, 4.69) is 4.98 Å². The highest BCUT2D eigenvalue weighted by atomic mass is 16.6. The number of nitro groups is 1. The Morgan fingerprint density at radius 1 is 1.33 bits per heavy atom. The van der Waals surface area contributed by atoms with Crippen LogP contribution in [0.4, 0.5) is 5.82 Å². The van der Waals surface area contributed by atoms with E-state index in [1.54, 1.807) is 12.1 Å². The number of hydrogen-bond donors (Lipinski definition) is 0. The molecule has 1 aliphatic heterocycles. The third-order valence-corrected chi connectivity index (χ3v) is 3.63. The number of hydrogen-bond acceptors (Lipinski definition) is 7. The largest absolute Gasteiger partial charge is 0.493 e. The molecule has 0 saturated carbocycles. The Bertz CT molecular complexity index is 884. The molecule has 24 heavy (non-hydrogen) atoms. The molecule has 9 heteroatoms. The summed E-state index contributed by atoms with van der Waals surface area (Å²) in [6.07, 6.45) is 2.46. The zero-order valence-electron chi connectivity index (χ0n) is 13.1. The van der Waals surface area contributed by atoms with Gasteiger partial charge in [0.25, 0.3) is 0 Å². The maximum atomic E-state index is 12.5. The second-order valence-corrected chi connectivity index (χ2v) is 4.91. The summed E-state index contributed by atoms with van der Waals surface area (Å²) in [5, 5.41) is 10.9. The molecule has 124 valence electrons. The molecule has 2 aromatic rings. The fraction of sp³-hybridized carbons (Fsp3) is 0.200. The summed E-state index contributed by atoms with van der Waals surface area (Å²) < 4.78 is 17.3. The molecule has 0 N–H and O–H groups in total. The van der Waals surface area contributed by atoms with Crippen molar-refractivity contribution in [2.24, 2.45) is 7.05 Å². The van der Waals surface area contributed by atoms with Gasteiger partial charge in [-0.1, -0.05) is 0 Å². The number of Topliss-reactive ketones (excluding diaryl/α,β-unsaturated/α-hetero) is 1. The molecule has 3 rings (SSSR count). The lowest BCUT2D eigenvalue weighted by atomic mass is 10.1. The van der Waals surface area contributed by atoms with Crippen LogP contribution >= 0.6 is 0 Å². The molecule has 0 unspecified atom stereocenters. The number of ketones is 1. The van der Waals surface area contributed by atoms with Crippen molar-refractivity contribution in [3.05, 3.63) is 45.6 Å². The van der Waals surface area contributed by atoms with E-state index in [0.717, 1.165) is 6.20 Å². The number of methoxy groups -OCH3 is 2. The maximum absolute atomic E-state index is 12.5. The highest BCUT2D eigenvalue weighted by Gasteiger charge is 2.33. The Kier molecular flexibility index (Phi) is 3.68. The van der Waals surface area contributed by atoms with E-state index >= 15 is 0 Å². The van der Waals surface area contributed by atoms with Crippen molar-refractivity contribution in [1.29, 1.82) is 0 Å². The van der Waals surface area contributed by atoms with Crippen LogP contribution in [0.2, 0.25) is 0 Å². The number of allylic oxidation sites excluding steroid dienone is 1. The first-order valence-electron chi connectivity index (χ1n) is 6.83. The average Bonchev–Trinajstić information content (AvgIpc) is 3.08. The predicted octanol–water partition coefficient (Wildman–Crippen LogP) is 1.96. The van der Waals surface area contributed by atoms with Crippen molar-refractivity contribution >= 4 is 17.7 Å². The average molecular weight is 331 g/mol. The lowest BCUT2D eigenvalue weighted by Gasteiger charge is -2.10. The van der Waals surface area contributed by atoms with Crippen molar-refractivity contribution in [2.75, 3.05) is 14.2 Å². The van der Waals surface area contributed by atoms with Crippen molar-refractivity contribution in [3.63, 3.8) is 0 Å². The van der Waals surface area contributed by atoms with Crippen molar-refractivity contribution < 1.29 is 23.9 Å². The van der Waals surface area contributed by atoms with E-state index in [4.69, 9.17) is 14.2 Å². The minimum atomic E-state index is -0.561. The first kappa shape index (κ1) is 15.5. The SMILES string of the molecule is COc1ccc2c(c1OC)O/C(=C\c1ncc([N+](=O)[O-])n1C)C2=O. The molecule has 9 nitrogen and oxygen atoms in total. The first-order valence-corrected chi connectivity index (χ1v) is 6.83. The summed E-state index contributed by atoms with van der Waals surface area (Å²) in [6.45, 7) is 0. The number of carbonyl (C=O) groups is 1. The molecule has 0 spiro atoms. The van der Waals surface area contributed by atoms with E-state index in [1.807, 2.05) is 0 Å². The Morgan fingerprint density at radius 3 is 2.67 bits per heavy atom. The molecule has 0 bridgehead atoms. The minimum Gasteiger partial charge on any atom is -0.493 e. The predicted molar refractivity (Wildman–Crippen MR) is 82.3 cm³/mol. The molecule has 1 aromatic heterocycles. The molecular weight excluding hydrogens is 318 g/mol. The third-order valence-electron chi connectivity index (χ3n) is 3.63. The highest BCUT2D eigenvalue weighted by molar-refractivity contribution is 6.15. The fourth-order valence-corrected chi connectivity index (χ4v) is 2.40. The van der Waals surface area contributed by atoms with E-state index in [9.17, 15) is 14.9 Å².